The maximum atomic E-state index is 8.92. The van der Waals surface area contributed by atoms with Gasteiger partial charge in [0.1, 0.15) is 0 Å². The van der Waals surface area contributed by atoms with Gasteiger partial charge >= 0.3 is 0 Å². The maximum Gasteiger partial charge on any atom is 0.0471 e. The quantitative estimate of drug-likeness (QED) is 0.557. The second-order valence-electron chi connectivity index (χ2n) is 3.96. The van der Waals surface area contributed by atoms with E-state index < -0.39 is 0 Å². The van der Waals surface area contributed by atoms with Crippen LogP contribution < -0.4 is 5.32 Å². The molecular weight excluding hydrogens is 178 g/mol. The lowest BCUT2D eigenvalue weighted by Gasteiger charge is -2.19. The highest BCUT2D eigenvalue weighted by atomic mass is 16.5. The van der Waals surface area contributed by atoms with Crippen LogP contribution in [0.25, 0.3) is 0 Å². The fraction of sp³-hybridized carbons (Fsp3) is 1.00. The molecule has 0 saturated carbocycles. The summed E-state index contributed by atoms with van der Waals surface area (Å²) in [5.74, 6) is 0.342. The standard InChI is InChI=1S/C11H25NO2/c1-10(9-13)11(2)12-7-5-4-6-8-14-3/h10-13H,4-9H2,1-3H3/t10-,11+/m0/s1. The minimum absolute atomic E-state index is 0.262. The number of methoxy groups -OCH3 is 1. The number of hydrogen-bond donors (Lipinski definition) is 2. The van der Waals surface area contributed by atoms with Crippen LogP contribution in [-0.4, -0.2) is 38.0 Å². The lowest BCUT2D eigenvalue weighted by molar-refractivity contribution is 0.190. The summed E-state index contributed by atoms with van der Waals surface area (Å²) in [7, 11) is 1.74. The van der Waals surface area contributed by atoms with E-state index in [1.165, 1.54) is 12.8 Å². The van der Waals surface area contributed by atoms with Crippen LogP contribution in [0, 0.1) is 5.92 Å². The Labute approximate surface area is 87.8 Å². The molecule has 0 fully saturated rings. The normalized spacial score (nSPS) is 15.4. The van der Waals surface area contributed by atoms with E-state index in [9.17, 15) is 0 Å². The molecule has 0 aliphatic carbocycles. The van der Waals surface area contributed by atoms with E-state index >= 15 is 0 Å². The average molecular weight is 203 g/mol. The van der Waals surface area contributed by atoms with Crippen molar-refractivity contribution in [1.29, 1.82) is 0 Å². The zero-order chi connectivity index (χ0) is 10.8. The van der Waals surface area contributed by atoms with Crippen LogP contribution in [0.15, 0.2) is 0 Å². The third-order valence-corrected chi connectivity index (χ3v) is 2.63. The van der Waals surface area contributed by atoms with E-state index in [1.54, 1.807) is 7.11 Å². The molecule has 2 N–H and O–H groups in total. The fourth-order valence-corrected chi connectivity index (χ4v) is 1.24. The number of aliphatic hydroxyl groups excluding tert-OH is 1. The van der Waals surface area contributed by atoms with Crippen molar-refractivity contribution < 1.29 is 9.84 Å². The lowest BCUT2D eigenvalue weighted by atomic mass is 10.1. The molecule has 3 heteroatoms. The van der Waals surface area contributed by atoms with Gasteiger partial charge in [0.2, 0.25) is 0 Å². The van der Waals surface area contributed by atoms with Crippen LogP contribution in [0.4, 0.5) is 0 Å². The molecule has 0 saturated heterocycles. The highest BCUT2D eigenvalue weighted by Gasteiger charge is 2.08. The Hall–Kier alpha value is -0.120. The van der Waals surface area contributed by atoms with Crippen LogP contribution in [0.2, 0.25) is 0 Å². The van der Waals surface area contributed by atoms with Gasteiger partial charge in [-0.3, -0.25) is 0 Å². The first-order chi connectivity index (χ1) is 6.72. The highest BCUT2D eigenvalue weighted by Crippen LogP contribution is 2.01. The van der Waals surface area contributed by atoms with Crippen molar-refractivity contribution in [3.05, 3.63) is 0 Å². The molecule has 2 atom stereocenters. The number of rotatable bonds is 9. The fourth-order valence-electron chi connectivity index (χ4n) is 1.24. The molecule has 14 heavy (non-hydrogen) atoms. The SMILES string of the molecule is COCCCCCN[C@H](C)[C@@H](C)CO. The minimum Gasteiger partial charge on any atom is -0.396 e. The van der Waals surface area contributed by atoms with Crippen LogP contribution in [0.5, 0.6) is 0 Å². The number of ether oxygens (including phenoxy) is 1. The Morgan fingerprint density at radius 3 is 2.50 bits per heavy atom. The van der Waals surface area contributed by atoms with Crippen molar-refractivity contribution in [2.24, 2.45) is 5.92 Å². The van der Waals surface area contributed by atoms with E-state index in [-0.39, 0.29) is 6.61 Å². The van der Waals surface area contributed by atoms with Gasteiger partial charge in [0.05, 0.1) is 0 Å². The number of aliphatic hydroxyl groups is 1. The number of nitrogens with one attached hydrogen (secondary N) is 1. The molecule has 0 rings (SSSR count). The highest BCUT2D eigenvalue weighted by molar-refractivity contribution is 4.66. The molecule has 0 radical (unpaired) electrons. The third kappa shape index (κ3) is 7.30. The van der Waals surface area contributed by atoms with Crippen LogP contribution in [0.1, 0.15) is 33.1 Å². The molecule has 86 valence electrons. The summed E-state index contributed by atoms with van der Waals surface area (Å²) in [5, 5.41) is 12.3. The van der Waals surface area contributed by atoms with E-state index in [4.69, 9.17) is 9.84 Å². The van der Waals surface area contributed by atoms with Crippen LogP contribution >= 0.6 is 0 Å². The average Bonchev–Trinajstić information content (AvgIpc) is 2.21. The molecule has 0 aromatic rings. The molecule has 0 aliphatic rings. The Morgan fingerprint density at radius 1 is 1.21 bits per heavy atom. The summed E-state index contributed by atoms with van der Waals surface area (Å²) < 4.78 is 4.97. The van der Waals surface area contributed by atoms with E-state index in [0.29, 0.717) is 12.0 Å². The minimum atomic E-state index is 0.262. The first kappa shape index (κ1) is 13.9. The molecule has 0 heterocycles. The van der Waals surface area contributed by atoms with E-state index in [0.717, 1.165) is 19.6 Å². The smallest absolute Gasteiger partial charge is 0.0471 e. The van der Waals surface area contributed by atoms with Gasteiger partial charge in [-0.05, 0) is 38.6 Å². The summed E-state index contributed by atoms with van der Waals surface area (Å²) in [4.78, 5) is 0. The summed E-state index contributed by atoms with van der Waals surface area (Å²) in [6.45, 7) is 6.34. The number of hydrogen-bond acceptors (Lipinski definition) is 3. The molecule has 0 spiro atoms. The monoisotopic (exact) mass is 203 g/mol. The van der Waals surface area contributed by atoms with Crippen LogP contribution in [-0.2, 0) is 4.74 Å². The van der Waals surface area contributed by atoms with Gasteiger partial charge in [-0.15, -0.1) is 0 Å². The van der Waals surface area contributed by atoms with Crippen molar-refractivity contribution in [3.63, 3.8) is 0 Å². The second-order valence-corrected chi connectivity index (χ2v) is 3.96. The summed E-state index contributed by atoms with van der Waals surface area (Å²) in [6.07, 6.45) is 3.54. The van der Waals surface area contributed by atoms with Crippen LogP contribution in [0.3, 0.4) is 0 Å². The predicted molar refractivity (Wildman–Crippen MR) is 59.4 cm³/mol. The third-order valence-electron chi connectivity index (χ3n) is 2.63. The summed E-state index contributed by atoms with van der Waals surface area (Å²) in [5.41, 5.74) is 0. The molecular formula is C11H25NO2. The van der Waals surface area contributed by atoms with Gasteiger partial charge in [-0.2, -0.15) is 0 Å². The molecule has 0 bridgehead atoms. The van der Waals surface area contributed by atoms with Crippen molar-refractivity contribution in [2.75, 3.05) is 26.9 Å². The molecule has 0 unspecified atom stereocenters. The van der Waals surface area contributed by atoms with Crippen molar-refractivity contribution in [3.8, 4) is 0 Å². The summed E-state index contributed by atoms with van der Waals surface area (Å²) in [6, 6.07) is 0.405. The molecule has 3 nitrogen and oxygen atoms in total. The van der Waals surface area contributed by atoms with Gasteiger partial charge in [0.25, 0.3) is 0 Å². The Kier molecular flexibility index (Phi) is 9.35. The van der Waals surface area contributed by atoms with Crippen molar-refractivity contribution in [1.82, 2.24) is 5.32 Å². The van der Waals surface area contributed by atoms with Crippen molar-refractivity contribution >= 4 is 0 Å². The first-order valence-electron chi connectivity index (χ1n) is 5.55. The molecule has 0 aliphatic heterocycles. The summed E-state index contributed by atoms with van der Waals surface area (Å²) >= 11 is 0. The first-order valence-corrected chi connectivity index (χ1v) is 5.55. The van der Waals surface area contributed by atoms with Gasteiger partial charge in [0, 0.05) is 26.4 Å². The van der Waals surface area contributed by atoms with Gasteiger partial charge in [-0.25, -0.2) is 0 Å². The largest absolute Gasteiger partial charge is 0.396 e. The topological polar surface area (TPSA) is 41.5 Å². The lowest BCUT2D eigenvalue weighted by Crippen LogP contribution is -2.34. The Bertz CT molecular complexity index is 120. The molecule has 0 aromatic carbocycles. The number of unbranched alkanes of at least 4 members (excludes halogenated alkanes) is 2. The van der Waals surface area contributed by atoms with E-state index in [2.05, 4.69) is 19.2 Å². The maximum absolute atomic E-state index is 8.92. The van der Waals surface area contributed by atoms with E-state index in [1.807, 2.05) is 0 Å². The van der Waals surface area contributed by atoms with Gasteiger partial charge < -0.3 is 15.2 Å². The predicted octanol–water partition coefficient (Wildman–Crippen LogP) is 1.41. The van der Waals surface area contributed by atoms with Gasteiger partial charge in [-0.1, -0.05) is 6.92 Å². The zero-order valence-electron chi connectivity index (χ0n) is 9.75. The Morgan fingerprint density at radius 2 is 1.93 bits per heavy atom. The Balaban J connectivity index is 3.18. The van der Waals surface area contributed by atoms with Gasteiger partial charge in [0.15, 0.2) is 0 Å². The zero-order valence-corrected chi connectivity index (χ0v) is 9.75. The second kappa shape index (κ2) is 9.44. The molecule has 0 amide bonds. The molecule has 0 aromatic heterocycles. The van der Waals surface area contributed by atoms with Crippen molar-refractivity contribution in [2.45, 2.75) is 39.2 Å².